The Kier molecular flexibility index (Phi) is 6.36. The zero-order valence-electron chi connectivity index (χ0n) is 16.2. The van der Waals surface area contributed by atoms with Crippen molar-refractivity contribution in [2.24, 2.45) is 11.8 Å². The number of hydrogen-bond donors (Lipinski definition) is 1. The molecule has 4 rings (SSSR count). The first-order valence-electron chi connectivity index (χ1n) is 10.7. The predicted molar refractivity (Wildman–Crippen MR) is 110 cm³/mol. The molecule has 148 valence electrons. The van der Waals surface area contributed by atoms with Crippen molar-refractivity contribution in [3.63, 3.8) is 0 Å². The molecule has 3 aliphatic rings. The minimum Gasteiger partial charge on any atom is -0.353 e. The zero-order valence-corrected chi connectivity index (χ0v) is 17.0. The van der Waals surface area contributed by atoms with Gasteiger partial charge in [-0.2, -0.15) is 0 Å². The summed E-state index contributed by atoms with van der Waals surface area (Å²) in [5, 5.41) is 4.06. The summed E-state index contributed by atoms with van der Waals surface area (Å²) in [7, 11) is 0. The van der Waals surface area contributed by atoms with E-state index in [4.69, 9.17) is 11.6 Å². The second kappa shape index (κ2) is 8.93. The summed E-state index contributed by atoms with van der Waals surface area (Å²) in [4.78, 5) is 17.4. The molecule has 1 amide bonds. The summed E-state index contributed by atoms with van der Waals surface area (Å²) >= 11 is 5.97. The Bertz CT molecular complexity index is 627. The van der Waals surface area contributed by atoms with Gasteiger partial charge in [0.15, 0.2) is 0 Å². The highest BCUT2D eigenvalue weighted by Crippen LogP contribution is 2.37. The Hall–Kier alpha value is -1.10. The Morgan fingerprint density at radius 2 is 1.70 bits per heavy atom. The van der Waals surface area contributed by atoms with Crippen molar-refractivity contribution < 1.29 is 4.79 Å². The molecule has 0 aromatic heterocycles. The second-order valence-corrected chi connectivity index (χ2v) is 8.99. The molecule has 1 N–H and O–H groups in total. The Morgan fingerprint density at radius 3 is 2.48 bits per heavy atom. The van der Waals surface area contributed by atoms with Gasteiger partial charge in [-0.25, -0.2) is 0 Å². The third-order valence-corrected chi connectivity index (χ3v) is 7.03. The van der Waals surface area contributed by atoms with Gasteiger partial charge in [0, 0.05) is 49.7 Å². The molecule has 4 nitrogen and oxygen atoms in total. The smallest absolute Gasteiger partial charge is 0.223 e. The minimum absolute atomic E-state index is 0.279. The van der Waals surface area contributed by atoms with E-state index in [0.717, 1.165) is 57.1 Å². The quantitative estimate of drug-likeness (QED) is 0.808. The summed E-state index contributed by atoms with van der Waals surface area (Å²) < 4.78 is 0. The van der Waals surface area contributed by atoms with Crippen molar-refractivity contribution >= 4 is 17.5 Å². The van der Waals surface area contributed by atoms with Gasteiger partial charge in [0.1, 0.15) is 0 Å². The summed E-state index contributed by atoms with van der Waals surface area (Å²) in [6, 6.07) is 8.68. The zero-order chi connectivity index (χ0) is 18.6. The van der Waals surface area contributed by atoms with Gasteiger partial charge in [-0.3, -0.25) is 9.69 Å². The first-order chi connectivity index (χ1) is 13.2. The third-order valence-electron chi connectivity index (χ3n) is 6.77. The average Bonchev–Trinajstić information content (AvgIpc) is 3.00. The Labute approximate surface area is 168 Å². The van der Waals surface area contributed by atoms with Gasteiger partial charge in [0.2, 0.25) is 5.91 Å². The van der Waals surface area contributed by atoms with Crippen molar-refractivity contribution in [3.8, 4) is 0 Å². The third kappa shape index (κ3) is 4.85. The van der Waals surface area contributed by atoms with Crippen molar-refractivity contribution in [2.75, 3.05) is 32.7 Å². The number of halogens is 1. The second-order valence-electron chi connectivity index (χ2n) is 8.56. The summed E-state index contributed by atoms with van der Waals surface area (Å²) in [6.07, 6.45) is 7.26. The van der Waals surface area contributed by atoms with E-state index in [1.807, 2.05) is 12.1 Å². The van der Waals surface area contributed by atoms with Crippen LogP contribution >= 0.6 is 11.6 Å². The lowest BCUT2D eigenvalue weighted by Crippen LogP contribution is -2.46. The lowest BCUT2D eigenvalue weighted by molar-refractivity contribution is -0.123. The van der Waals surface area contributed by atoms with Crippen molar-refractivity contribution in [2.45, 2.75) is 51.1 Å². The molecule has 5 heteroatoms. The fourth-order valence-corrected chi connectivity index (χ4v) is 5.33. The van der Waals surface area contributed by atoms with Crippen LogP contribution in [0.5, 0.6) is 0 Å². The van der Waals surface area contributed by atoms with Crippen LogP contribution in [0.3, 0.4) is 0 Å². The normalized spacial score (nSPS) is 29.5. The van der Waals surface area contributed by atoms with Crippen LogP contribution in [-0.4, -0.2) is 54.5 Å². The van der Waals surface area contributed by atoms with Crippen molar-refractivity contribution in [1.29, 1.82) is 0 Å². The molecule has 1 saturated carbocycles. The predicted octanol–water partition coefficient (Wildman–Crippen LogP) is 3.54. The van der Waals surface area contributed by atoms with Crippen LogP contribution in [0.1, 0.15) is 44.1 Å². The molecule has 3 fully saturated rings. The topological polar surface area (TPSA) is 35.6 Å². The number of carbonyl (C=O) groups is 1. The number of nitrogens with one attached hydrogen (secondary N) is 1. The number of carbonyl (C=O) groups excluding carboxylic acids is 1. The molecular formula is C22H32ClN3O. The van der Waals surface area contributed by atoms with Gasteiger partial charge < -0.3 is 10.2 Å². The van der Waals surface area contributed by atoms with E-state index >= 15 is 0 Å². The molecule has 0 radical (unpaired) electrons. The molecular weight excluding hydrogens is 358 g/mol. The van der Waals surface area contributed by atoms with E-state index in [0.29, 0.717) is 17.9 Å². The average molecular weight is 390 g/mol. The SMILES string of the molecule is O=C1NC2CCCCC2C1CCCN1CCN(Cc2ccc(Cl)cc2)CC1. The van der Waals surface area contributed by atoms with Crippen LogP contribution in [0.15, 0.2) is 24.3 Å². The number of hydrogen-bond acceptors (Lipinski definition) is 3. The van der Waals surface area contributed by atoms with E-state index in [9.17, 15) is 4.79 Å². The van der Waals surface area contributed by atoms with E-state index < -0.39 is 0 Å². The van der Waals surface area contributed by atoms with E-state index in [1.165, 1.54) is 31.2 Å². The molecule has 1 aromatic rings. The first-order valence-corrected chi connectivity index (χ1v) is 11.1. The maximum absolute atomic E-state index is 12.3. The van der Waals surface area contributed by atoms with E-state index in [2.05, 4.69) is 27.2 Å². The van der Waals surface area contributed by atoms with Gasteiger partial charge in [-0.1, -0.05) is 36.6 Å². The van der Waals surface area contributed by atoms with Gasteiger partial charge >= 0.3 is 0 Å². The van der Waals surface area contributed by atoms with Gasteiger partial charge in [0.25, 0.3) is 0 Å². The Morgan fingerprint density at radius 1 is 1.00 bits per heavy atom. The van der Waals surface area contributed by atoms with Gasteiger partial charge in [-0.15, -0.1) is 0 Å². The largest absolute Gasteiger partial charge is 0.353 e. The molecule has 27 heavy (non-hydrogen) atoms. The maximum atomic E-state index is 12.3. The summed E-state index contributed by atoms with van der Waals surface area (Å²) in [5.74, 6) is 1.23. The fourth-order valence-electron chi connectivity index (χ4n) is 5.20. The number of fused-ring (bicyclic) bond motifs is 1. The lowest BCUT2D eigenvalue weighted by Gasteiger charge is -2.35. The number of amides is 1. The molecule has 1 aliphatic carbocycles. The fraction of sp³-hybridized carbons (Fsp3) is 0.682. The van der Waals surface area contributed by atoms with Crippen LogP contribution < -0.4 is 5.32 Å². The molecule has 0 bridgehead atoms. The maximum Gasteiger partial charge on any atom is 0.223 e. The monoisotopic (exact) mass is 389 g/mol. The van der Waals surface area contributed by atoms with E-state index in [1.54, 1.807) is 0 Å². The highest BCUT2D eigenvalue weighted by atomic mass is 35.5. The van der Waals surface area contributed by atoms with Gasteiger partial charge in [-0.05, 0) is 55.8 Å². The highest BCUT2D eigenvalue weighted by molar-refractivity contribution is 6.30. The van der Waals surface area contributed by atoms with E-state index in [-0.39, 0.29) is 5.92 Å². The highest BCUT2D eigenvalue weighted by Gasteiger charge is 2.42. The van der Waals surface area contributed by atoms with Crippen LogP contribution in [0.25, 0.3) is 0 Å². The van der Waals surface area contributed by atoms with Crippen molar-refractivity contribution in [1.82, 2.24) is 15.1 Å². The number of nitrogens with zero attached hydrogens (tertiary/aromatic N) is 2. The molecule has 2 heterocycles. The molecule has 2 aliphatic heterocycles. The Balaban J connectivity index is 1.16. The van der Waals surface area contributed by atoms with Crippen LogP contribution in [0.2, 0.25) is 5.02 Å². The molecule has 0 spiro atoms. The van der Waals surface area contributed by atoms with Crippen molar-refractivity contribution in [3.05, 3.63) is 34.9 Å². The standard InChI is InChI=1S/C22H32ClN3O/c23-18-9-7-17(8-10-18)16-26-14-12-25(13-15-26)11-3-5-20-19-4-1-2-6-21(19)24-22(20)27/h7-10,19-21H,1-6,11-16H2,(H,24,27). The summed E-state index contributed by atoms with van der Waals surface area (Å²) in [6.45, 7) is 6.66. The molecule has 3 unspecified atom stereocenters. The number of piperazine rings is 1. The van der Waals surface area contributed by atoms with Crippen LogP contribution in [0.4, 0.5) is 0 Å². The summed E-state index contributed by atoms with van der Waals surface area (Å²) in [5.41, 5.74) is 1.34. The first kappa shape index (κ1) is 19.2. The van der Waals surface area contributed by atoms with Gasteiger partial charge in [0.05, 0.1) is 0 Å². The minimum atomic E-state index is 0.279. The number of benzene rings is 1. The number of rotatable bonds is 6. The molecule has 1 aromatic carbocycles. The van der Waals surface area contributed by atoms with Crippen LogP contribution in [-0.2, 0) is 11.3 Å². The van der Waals surface area contributed by atoms with Crippen LogP contribution in [0, 0.1) is 11.8 Å². The molecule has 3 atom stereocenters. The molecule has 2 saturated heterocycles. The lowest BCUT2D eigenvalue weighted by atomic mass is 9.78.